The fourth-order valence-corrected chi connectivity index (χ4v) is 12.5. The molecule has 406 valence electrons. The number of hydrogen-bond donors (Lipinski definition) is 8. The number of rotatable bonds is 11. The van der Waals surface area contributed by atoms with Gasteiger partial charge in [0.15, 0.2) is 0 Å². The van der Waals surface area contributed by atoms with Gasteiger partial charge in [0.25, 0.3) is 29.5 Å². The van der Waals surface area contributed by atoms with Crippen LogP contribution in [0.25, 0.3) is 49.1 Å². The van der Waals surface area contributed by atoms with Crippen LogP contribution in [0.5, 0.6) is 0 Å². The second-order valence-electron chi connectivity index (χ2n) is 17.8. The summed E-state index contributed by atoms with van der Waals surface area (Å²) in [5, 5.41) is 49.7. The van der Waals surface area contributed by atoms with Crippen LogP contribution in [0.15, 0.2) is 62.3 Å². The topological polar surface area (TPSA) is 332 Å². The number of ether oxygens (including phenoxy) is 1. The maximum absolute atomic E-state index is 14.1. The van der Waals surface area contributed by atoms with Crippen LogP contribution in [0.1, 0.15) is 118 Å². The third-order valence-corrected chi connectivity index (χ3v) is 16.8. The van der Waals surface area contributed by atoms with Crippen LogP contribution in [0.2, 0.25) is 0 Å². The summed E-state index contributed by atoms with van der Waals surface area (Å²) in [6, 6.07) is 0.0561. The second-order valence-corrected chi connectivity index (χ2v) is 23.0. The van der Waals surface area contributed by atoms with Gasteiger partial charge in [-0.05, 0) is 60.6 Å². The second kappa shape index (κ2) is 24.2. The molecular formula is C49H49N13O10S6. The monoisotopic (exact) mass is 1170 g/mol. The molecule has 8 bridgehead atoms. The van der Waals surface area contributed by atoms with Crippen molar-refractivity contribution >= 4 is 115 Å². The Morgan fingerprint density at radius 1 is 0.705 bits per heavy atom. The predicted molar refractivity (Wildman–Crippen MR) is 296 cm³/mol. The Hall–Kier alpha value is -7.22. The summed E-state index contributed by atoms with van der Waals surface area (Å²) < 4.78 is 5.75. The fourth-order valence-electron chi connectivity index (χ4n) is 7.30. The molecule has 78 heavy (non-hydrogen) atoms. The molecule has 0 aliphatic carbocycles. The van der Waals surface area contributed by atoms with Crippen molar-refractivity contribution < 1.29 is 48.5 Å². The van der Waals surface area contributed by atoms with Gasteiger partial charge in [0, 0.05) is 45.0 Å². The van der Waals surface area contributed by atoms with Gasteiger partial charge in [-0.2, -0.15) is 0 Å². The van der Waals surface area contributed by atoms with E-state index in [2.05, 4.69) is 51.8 Å². The summed E-state index contributed by atoms with van der Waals surface area (Å²) in [6.45, 7) is 10.4. The number of amides is 6. The van der Waals surface area contributed by atoms with Crippen LogP contribution in [0.4, 0.5) is 0 Å². The lowest BCUT2D eigenvalue weighted by molar-refractivity contribution is -0.124. The van der Waals surface area contributed by atoms with E-state index in [4.69, 9.17) is 19.7 Å². The Bertz CT molecular complexity index is 3510. The summed E-state index contributed by atoms with van der Waals surface area (Å²) >= 11 is 6.84. The van der Waals surface area contributed by atoms with Gasteiger partial charge in [0.1, 0.15) is 99.5 Å². The molecule has 0 aromatic carbocycles. The van der Waals surface area contributed by atoms with Crippen LogP contribution < -0.4 is 31.9 Å². The zero-order valence-electron chi connectivity index (χ0n) is 42.6. The molecule has 1 aliphatic heterocycles. The van der Waals surface area contributed by atoms with Crippen molar-refractivity contribution in [3.8, 4) is 43.4 Å². The van der Waals surface area contributed by atoms with Gasteiger partial charge in [0.05, 0.1) is 35.7 Å². The van der Waals surface area contributed by atoms with Crippen LogP contribution in [-0.4, -0.2) is 124 Å². The Kier molecular flexibility index (Phi) is 17.7. The molecule has 1 aliphatic rings. The first kappa shape index (κ1) is 57.0. The van der Waals surface area contributed by atoms with Crippen molar-refractivity contribution in [3.63, 3.8) is 0 Å². The molecule has 8 rings (SSSR count). The van der Waals surface area contributed by atoms with E-state index in [0.29, 0.717) is 48.4 Å². The zero-order valence-corrected chi connectivity index (χ0v) is 47.5. The minimum Gasteiger partial charge on any atom is -0.391 e. The number of aliphatic hydroxyl groups excluding tert-OH is 1. The van der Waals surface area contributed by atoms with E-state index in [-0.39, 0.29) is 56.5 Å². The molecule has 7 aromatic rings. The van der Waals surface area contributed by atoms with Crippen LogP contribution in [0, 0.1) is 0 Å². The number of hydrogen-bond acceptors (Lipinski definition) is 23. The highest BCUT2D eigenvalue weighted by molar-refractivity contribution is 7.15. The van der Waals surface area contributed by atoms with Gasteiger partial charge >= 0.3 is 0 Å². The molecule has 7 aromatic heterocycles. The first-order chi connectivity index (χ1) is 37.1. The number of nitrogens with one attached hydrogen (secondary N) is 6. The average Bonchev–Trinajstić information content (AvgIpc) is 4.28. The number of ketones is 1. The van der Waals surface area contributed by atoms with Crippen molar-refractivity contribution in [2.24, 2.45) is 0 Å². The van der Waals surface area contributed by atoms with E-state index in [9.17, 15) is 43.8 Å². The Morgan fingerprint density at radius 3 is 1.94 bits per heavy atom. The van der Waals surface area contributed by atoms with Crippen LogP contribution in [-0.2, 0) is 19.1 Å². The van der Waals surface area contributed by atoms with Crippen molar-refractivity contribution in [3.05, 3.63) is 100 Å². The van der Waals surface area contributed by atoms with Crippen molar-refractivity contribution in [2.75, 3.05) is 13.7 Å². The highest BCUT2D eigenvalue weighted by Gasteiger charge is 2.36. The number of aromatic nitrogens is 7. The third kappa shape index (κ3) is 12.9. The smallest absolute Gasteiger partial charge is 0.275 e. The number of nitrogens with zero attached hydrogens (tertiary/aromatic N) is 7. The Balaban J connectivity index is 1.16. The first-order valence-electron chi connectivity index (χ1n) is 23.5. The van der Waals surface area contributed by atoms with Gasteiger partial charge in [-0.15, -0.1) is 68.0 Å². The number of carbonyl (C=O) groups excluding carboxylic acids is 7. The Labute approximate surface area is 468 Å². The summed E-state index contributed by atoms with van der Waals surface area (Å²) in [4.78, 5) is 126. The quantitative estimate of drug-likeness (QED) is 0.0737. The molecule has 0 radical (unpaired) electrons. The lowest BCUT2D eigenvalue weighted by atomic mass is 9.99. The molecule has 0 spiro atoms. The standard InChI is InChI=1S/C49H49N13O10S6/c1-9-24(37(65)50-13-20(3)63)52-38(66)28-16-75-46(57-28)32-19-76-45(59-32)26-12-11-23-35(51-26)27-14-77-47(54-27)34(22(5)72-8)61-40(68)30-18-78-48(58-30)36(49(6,7)71)62-41(69)31-17-74-44(56-31)25(10-2)53-42(70)33(21(4)64)60-39(67)29-15-73-43(23)55-29/h9-12,14-19,21-22,33-34,36,64,71H,13H2,1-8H3,(H,50,65)(H,52,66)(H,53,70)(H,60,67)(H,61,68)(H,62,69)/b24-9-,25-10-. The maximum Gasteiger partial charge on any atom is 0.275 e. The molecular weight excluding hydrogens is 1120 g/mol. The summed E-state index contributed by atoms with van der Waals surface area (Å²) in [5.41, 5.74) is 0.461. The van der Waals surface area contributed by atoms with Gasteiger partial charge in [-0.25, -0.2) is 34.9 Å². The molecule has 29 heteroatoms. The molecule has 0 saturated heterocycles. The molecule has 5 unspecified atom stereocenters. The molecule has 0 saturated carbocycles. The highest BCUT2D eigenvalue weighted by Crippen LogP contribution is 2.39. The predicted octanol–water partition coefficient (Wildman–Crippen LogP) is 5.55. The summed E-state index contributed by atoms with van der Waals surface area (Å²) in [5.74, 6) is -4.35. The molecule has 23 nitrogen and oxygen atoms in total. The van der Waals surface area contributed by atoms with Crippen LogP contribution in [0.3, 0.4) is 0 Å². The zero-order chi connectivity index (χ0) is 56.2. The number of thiazole rings is 6. The van der Waals surface area contributed by atoms with E-state index in [1.807, 2.05) is 0 Å². The number of carbonyl (C=O) groups is 7. The van der Waals surface area contributed by atoms with Crippen molar-refractivity contribution in [2.45, 2.75) is 84.4 Å². The van der Waals surface area contributed by atoms with Crippen LogP contribution >= 0.6 is 68.0 Å². The number of pyridine rings is 1. The fraction of sp³-hybridized carbons (Fsp3) is 0.306. The molecule has 5 atom stereocenters. The largest absolute Gasteiger partial charge is 0.391 e. The lowest BCUT2D eigenvalue weighted by Crippen LogP contribution is -2.52. The van der Waals surface area contributed by atoms with Crippen molar-refractivity contribution in [1.29, 1.82) is 0 Å². The number of methoxy groups -OCH3 is 1. The third-order valence-electron chi connectivity index (χ3n) is 11.5. The van der Waals surface area contributed by atoms with E-state index in [0.717, 1.165) is 45.3 Å². The molecule has 0 fully saturated rings. The number of Topliss-reactive ketones (excluding diaryl/α,β-unsaturated/α-hetero) is 1. The molecule has 8 N–H and O–H groups in total. The van der Waals surface area contributed by atoms with E-state index < -0.39 is 71.4 Å². The molecule has 8 heterocycles. The normalized spacial score (nSPS) is 18.0. The lowest BCUT2D eigenvalue weighted by Gasteiger charge is -2.28. The number of fused-ring (bicyclic) bond motifs is 11. The summed E-state index contributed by atoms with van der Waals surface area (Å²) in [6.07, 6.45) is 0.940. The minimum atomic E-state index is -1.58. The summed E-state index contributed by atoms with van der Waals surface area (Å²) in [7, 11) is 1.49. The SMILES string of the molecule is C/C=C(\NC(=O)c1csc(-c2csc(-c3ccc4c(n3)-c3csc(n3)C(C(C)OC)NC(=O)c3csc(n3)C(C(C)(C)O)NC(=O)c3csc(n3)/C(=C/C)NC(=O)C(C(C)O)NC(=O)c3csc-4n3)n2)n1)C(=O)NCC(C)=O. The van der Waals surface area contributed by atoms with E-state index in [1.54, 1.807) is 49.7 Å². The van der Waals surface area contributed by atoms with Gasteiger partial charge in [-0.3, -0.25) is 33.6 Å². The number of aliphatic hydroxyl groups is 2. The van der Waals surface area contributed by atoms with E-state index >= 15 is 0 Å². The maximum atomic E-state index is 14.1. The Morgan fingerprint density at radius 2 is 1.27 bits per heavy atom. The van der Waals surface area contributed by atoms with Gasteiger partial charge in [0.2, 0.25) is 5.91 Å². The average molecular weight is 1170 g/mol. The van der Waals surface area contributed by atoms with Gasteiger partial charge in [-0.1, -0.05) is 12.2 Å². The highest BCUT2D eigenvalue weighted by atomic mass is 32.1. The first-order valence-corrected chi connectivity index (χ1v) is 28.8. The number of allylic oxidation sites excluding steroid dienone is 2. The minimum absolute atomic E-state index is 0.000422. The molecule has 6 amide bonds. The van der Waals surface area contributed by atoms with Gasteiger partial charge < -0.3 is 46.9 Å². The van der Waals surface area contributed by atoms with Crippen molar-refractivity contribution in [1.82, 2.24) is 66.8 Å². The van der Waals surface area contributed by atoms with E-state index in [1.165, 1.54) is 85.1 Å².